The summed E-state index contributed by atoms with van der Waals surface area (Å²) in [5.74, 6) is -0.519. The van der Waals surface area contributed by atoms with Crippen LogP contribution in [-0.4, -0.2) is 31.6 Å². The quantitative estimate of drug-likeness (QED) is 0.649. The Hall–Kier alpha value is -3.02. The fourth-order valence-corrected chi connectivity index (χ4v) is 4.61. The lowest BCUT2D eigenvalue weighted by Crippen LogP contribution is -2.32. The molecular formula is C23H26N4O3S. The molecule has 3 rings (SSSR count). The van der Waals surface area contributed by atoms with E-state index >= 15 is 0 Å². The summed E-state index contributed by atoms with van der Waals surface area (Å²) >= 11 is 0. The van der Waals surface area contributed by atoms with Gasteiger partial charge in [0, 0.05) is 6.54 Å². The Kier molecular flexibility index (Phi) is 7.21. The Balaban J connectivity index is 1.62. The van der Waals surface area contributed by atoms with E-state index in [0.717, 1.165) is 22.4 Å². The van der Waals surface area contributed by atoms with Gasteiger partial charge >= 0.3 is 0 Å². The fraction of sp³-hybridized carbons (Fsp3) is 0.348. The summed E-state index contributed by atoms with van der Waals surface area (Å²) in [5, 5.41) is 14.7. The molecule has 162 valence electrons. The number of nitrogens with zero attached hydrogens (tertiary/aromatic N) is 3. The van der Waals surface area contributed by atoms with E-state index in [1.807, 2.05) is 44.2 Å². The molecule has 0 spiro atoms. The fourth-order valence-electron chi connectivity index (χ4n) is 3.56. The SMILES string of the molecule is CCC1=NN(Cc2ccccc2C)C(=O)[C@H]1CCNS(=O)(=O)c1ccc(CC#N)cc1. The van der Waals surface area contributed by atoms with Crippen LogP contribution in [0.4, 0.5) is 0 Å². The molecule has 1 aliphatic rings. The van der Waals surface area contributed by atoms with Crippen LogP contribution in [0.25, 0.3) is 0 Å². The molecule has 2 aromatic rings. The maximum Gasteiger partial charge on any atom is 0.251 e. The zero-order valence-electron chi connectivity index (χ0n) is 17.7. The zero-order valence-corrected chi connectivity index (χ0v) is 18.5. The molecule has 0 saturated carbocycles. The van der Waals surface area contributed by atoms with Gasteiger partial charge in [-0.15, -0.1) is 0 Å². The third-order valence-electron chi connectivity index (χ3n) is 5.39. The topological polar surface area (TPSA) is 103 Å². The summed E-state index contributed by atoms with van der Waals surface area (Å²) in [7, 11) is -3.69. The lowest BCUT2D eigenvalue weighted by Gasteiger charge is -2.16. The highest BCUT2D eigenvalue weighted by atomic mass is 32.2. The Labute approximate surface area is 183 Å². The summed E-state index contributed by atoms with van der Waals surface area (Å²) in [6.07, 6.45) is 1.21. The molecule has 1 aliphatic heterocycles. The van der Waals surface area contributed by atoms with Crippen LogP contribution in [0.5, 0.6) is 0 Å². The second-order valence-electron chi connectivity index (χ2n) is 7.49. The standard InChI is InChI=1S/C23H26N4O3S/c1-3-22-21(23(28)27(26-22)16-19-7-5-4-6-17(19)2)13-15-25-31(29,30)20-10-8-18(9-11-20)12-14-24/h4-11,21,25H,3,12-13,15-16H2,1-2H3/t21-/m0/s1. The van der Waals surface area contributed by atoms with Crippen molar-refractivity contribution < 1.29 is 13.2 Å². The second-order valence-corrected chi connectivity index (χ2v) is 9.25. The number of nitrogens with one attached hydrogen (secondary N) is 1. The van der Waals surface area contributed by atoms with Gasteiger partial charge in [-0.1, -0.05) is 43.3 Å². The first-order valence-electron chi connectivity index (χ1n) is 10.2. The number of benzene rings is 2. The van der Waals surface area contributed by atoms with Gasteiger partial charge in [-0.25, -0.2) is 18.1 Å². The second kappa shape index (κ2) is 9.86. The number of hydrogen-bond acceptors (Lipinski definition) is 5. The van der Waals surface area contributed by atoms with E-state index in [-0.39, 0.29) is 23.8 Å². The Morgan fingerprint density at radius 3 is 2.52 bits per heavy atom. The molecule has 1 N–H and O–H groups in total. The zero-order chi connectivity index (χ0) is 22.4. The minimum Gasteiger partial charge on any atom is -0.272 e. The Bertz CT molecular complexity index is 1120. The van der Waals surface area contributed by atoms with Crippen LogP contribution >= 0.6 is 0 Å². The summed E-state index contributed by atoms with van der Waals surface area (Å²) in [6, 6.07) is 16.1. The van der Waals surface area contributed by atoms with Gasteiger partial charge in [-0.3, -0.25) is 4.79 Å². The van der Waals surface area contributed by atoms with E-state index in [0.29, 0.717) is 19.4 Å². The predicted octanol–water partition coefficient (Wildman–Crippen LogP) is 3.15. The number of sulfonamides is 1. The molecule has 0 aliphatic carbocycles. The van der Waals surface area contributed by atoms with Gasteiger partial charge in [0.15, 0.2) is 0 Å². The van der Waals surface area contributed by atoms with Gasteiger partial charge in [-0.2, -0.15) is 10.4 Å². The van der Waals surface area contributed by atoms with Gasteiger partial charge in [0.05, 0.1) is 35.6 Å². The molecule has 31 heavy (non-hydrogen) atoms. The molecule has 0 saturated heterocycles. The maximum atomic E-state index is 12.9. The highest BCUT2D eigenvalue weighted by Crippen LogP contribution is 2.24. The Morgan fingerprint density at radius 2 is 1.87 bits per heavy atom. The molecule has 0 unspecified atom stereocenters. The third kappa shape index (κ3) is 5.37. The number of rotatable bonds is 9. The van der Waals surface area contributed by atoms with E-state index in [9.17, 15) is 13.2 Å². The number of aryl methyl sites for hydroxylation is 1. The van der Waals surface area contributed by atoms with Crippen LogP contribution < -0.4 is 4.72 Å². The minimum absolute atomic E-state index is 0.0971. The smallest absolute Gasteiger partial charge is 0.251 e. The van der Waals surface area contributed by atoms with Crippen molar-refractivity contribution in [1.29, 1.82) is 5.26 Å². The largest absolute Gasteiger partial charge is 0.272 e. The van der Waals surface area contributed by atoms with Gasteiger partial charge in [0.2, 0.25) is 10.0 Å². The van der Waals surface area contributed by atoms with Crippen molar-refractivity contribution in [2.75, 3.05) is 6.54 Å². The lowest BCUT2D eigenvalue weighted by molar-refractivity contribution is -0.132. The summed E-state index contributed by atoms with van der Waals surface area (Å²) < 4.78 is 27.7. The number of carbonyl (C=O) groups is 1. The minimum atomic E-state index is -3.69. The number of hydrogen-bond donors (Lipinski definition) is 1. The first-order chi connectivity index (χ1) is 14.9. The summed E-state index contributed by atoms with van der Waals surface area (Å²) in [6.45, 7) is 4.49. The van der Waals surface area contributed by atoms with Crippen molar-refractivity contribution in [3.05, 3.63) is 65.2 Å². The first kappa shape index (κ1) is 22.7. The van der Waals surface area contributed by atoms with Gasteiger partial charge in [0.1, 0.15) is 0 Å². The molecule has 8 heteroatoms. The van der Waals surface area contributed by atoms with Gasteiger partial charge in [-0.05, 0) is 48.6 Å². The summed E-state index contributed by atoms with van der Waals surface area (Å²) in [5.41, 5.74) is 3.67. The highest BCUT2D eigenvalue weighted by Gasteiger charge is 2.34. The van der Waals surface area contributed by atoms with Crippen LogP contribution in [0.3, 0.4) is 0 Å². The third-order valence-corrected chi connectivity index (χ3v) is 6.87. The van der Waals surface area contributed by atoms with Crippen molar-refractivity contribution >= 4 is 21.6 Å². The van der Waals surface area contributed by atoms with Crippen LogP contribution in [-0.2, 0) is 27.8 Å². The highest BCUT2D eigenvalue weighted by molar-refractivity contribution is 7.89. The maximum absolute atomic E-state index is 12.9. The van der Waals surface area contributed by atoms with Crippen LogP contribution in [0.1, 0.15) is 36.5 Å². The molecule has 0 aromatic heterocycles. The number of carbonyl (C=O) groups excluding carboxylic acids is 1. The predicted molar refractivity (Wildman–Crippen MR) is 119 cm³/mol. The van der Waals surface area contributed by atoms with Crippen molar-refractivity contribution in [2.45, 2.75) is 44.6 Å². The molecule has 1 amide bonds. The van der Waals surface area contributed by atoms with Crippen molar-refractivity contribution in [1.82, 2.24) is 9.73 Å². The molecule has 2 aromatic carbocycles. The number of nitriles is 1. The van der Waals surface area contributed by atoms with Crippen molar-refractivity contribution in [2.24, 2.45) is 11.0 Å². The van der Waals surface area contributed by atoms with E-state index in [1.54, 1.807) is 12.1 Å². The molecule has 0 fully saturated rings. The first-order valence-corrected chi connectivity index (χ1v) is 11.7. The monoisotopic (exact) mass is 438 g/mol. The van der Waals surface area contributed by atoms with E-state index < -0.39 is 15.9 Å². The van der Waals surface area contributed by atoms with Crippen LogP contribution in [0.15, 0.2) is 58.5 Å². The molecule has 1 atom stereocenters. The molecule has 7 nitrogen and oxygen atoms in total. The normalized spacial score (nSPS) is 16.3. The molecule has 1 heterocycles. The molecule has 0 bridgehead atoms. The van der Waals surface area contributed by atoms with Crippen molar-refractivity contribution in [3.63, 3.8) is 0 Å². The number of hydrazone groups is 1. The van der Waals surface area contributed by atoms with E-state index in [4.69, 9.17) is 5.26 Å². The van der Waals surface area contributed by atoms with Gasteiger partial charge < -0.3 is 0 Å². The number of amides is 1. The lowest BCUT2D eigenvalue weighted by atomic mass is 9.97. The van der Waals surface area contributed by atoms with Gasteiger partial charge in [0.25, 0.3) is 5.91 Å². The average Bonchev–Trinajstić information content (AvgIpc) is 3.05. The van der Waals surface area contributed by atoms with Crippen LogP contribution in [0.2, 0.25) is 0 Å². The molecule has 0 radical (unpaired) electrons. The van der Waals surface area contributed by atoms with Crippen LogP contribution in [0, 0.1) is 24.2 Å². The Morgan fingerprint density at radius 1 is 1.16 bits per heavy atom. The van der Waals surface area contributed by atoms with E-state index in [1.165, 1.54) is 17.1 Å². The summed E-state index contributed by atoms with van der Waals surface area (Å²) in [4.78, 5) is 13.1. The van der Waals surface area contributed by atoms with E-state index in [2.05, 4.69) is 9.82 Å². The average molecular weight is 439 g/mol. The van der Waals surface area contributed by atoms with Crippen molar-refractivity contribution in [3.8, 4) is 6.07 Å². The molecular weight excluding hydrogens is 412 g/mol.